The highest BCUT2D eigenvalue weighted by Crippen LogP contribution is 2.31. The third-order valence-corrected chi connectivity index (χ3v) is 3.47. The Kier molecular flexibility index (Phi) is 3.58. The first-order valence-electron chi connectivity index (χ1n) is 6.08. The van der Waals surface area contributed by atoms with Crippen molar-refractivity contribution in [1.82, 2.24) is 5.16 Å². The first-order chi connectivity index (χ1) is 9.04. The normalized spacial score (nSPS) is 10.3. The topological polar surface area (TPSA) is 74.8 Å². The van der Waals surface area contributed by atoms with E-state index >= 15 is 0 Å². The fraction of sp³-hybridized carbons (Fsp3) is 0.357. The maximum Gasteiger partial charge on any atom is 0.143 e. The van der Waals surface area contributed by atoms with Crippen LogP contribution in [0.1, 0.15) is 28.0 Å². The van der Waals surface area contributed by atoms with Crippen LogP contribution in [0.2, 0.25) is 0 Å². The first kappa shape index (κ1) is 13.2. The van der Waals surface area contributed by atoms with Crippen molar-refractivity contribution >= 4 is 0 Å². The zero-order valence-electron chi connectivity index (χ0n) is 11.6. The molecule has 1 aromatic carbocycles. The molecule has 0 amide bonds. The van der Waals surface area contributed by atoms with Crippen LogP contribution < -0.4 is 0 Å². The standard InChI is InChI=1S/C14H16N4O/c1-8-5-9(2)11(4)14(10(8)3)13-6-12(19-17-13)7-16-18-15/h5-6H,7H2,1-4H3. The SMILES string of the molecule is Cc1cc(C)c(C)c(-c2cc(CN=[N+]=[N-])on2)c1C. The molecule has 0 N–H and O–H groups in total. The smallest absolute Gasteiger partial charge is 0.143 e. The minimum atomic E-state index is 0.187. The highest BCUT2D eigenvalue weighted by atomic mass is 16.5. The van der Waals surface area contributed by atoms with Gasteiger partial charge >= 0.3 is 0 Å². The number of azide groups is 1. The Morgan fingerprint density at radius 2 is 1.79 bits per heavy atom. The van der Waals surface area contributed by atoms with Crippen LogP contribution in [-0.4, -0.2) is 5.16 Å². The van der Waals surface area contributed by atoms with Crippen LogP contribution in [0.3, 0.4) is 0 Å². The van der Waals surface area contributed by atoms with Crippen LogP contribution in [0, 0.1) is 27.7 Å². The fourth-order valence-electron chi connectivity index (χ4n) is 2.21. The molecule has 0 radical (unpaired) electrons. The Bertz CT molecular complexity index is 640. The van der Waals surface area contributed by atoms with Crippen LogP contribution in [0.25, 0.3) is 21.7 Å². The molecular formula is C14H16N4O. The van der Waals surface area contributed by atoms with Crippen molar-refractivity contribution in [2.75, 3.05) is 0 Å². The predicted molar refractivity (Wildman–Crippen MR) is 73.7 cm³/mol. The second-order valence-electron chi connectivity index (χ2n) is 4.70. The average molecular weight is 256 g/mol. The van der Waals surface area contributed by atoms with Crippen LogP contribution in [0.5, 0.6) is 0 Å². The lowest BCUT2D eigenvalue weighted by Gasteiger charge is -2.12. The van der Waals surface area contributed by atoms with E-state index in [4.69, 9.17) is 10.1 Å². The molecule has 98 valence electrons. The molecule has 0 aliphatic carbocycles. The highest BCUT2D eigenvalue weighted by molar-refractivity contribution is 5.70. The number of aromatic nitrogens is 1. The summed E-state index contributed by atoms with van der Waals surface area (Å²) in [4.78, 5) is 2.71. The summed E-state index contributed by atoms with van der Waals surface area (Å²) in [6.07, 6.45) is 0. The molecule has 0 saturated heterocycles. The van der Waals surface area contributed by atoms with Crippen LogP contribution in [0.4, 0.5) is 0 Å². The third kappa shape index (κ3) is 2.46. The van der Waals surface area contributed by atoms with Gasteiger partial charge < -0.3 is 4.52 Å². The molecular weight excluding hydrogens is 240 g/mol. The summed E-state index contributed by atoms with van der Waals surface area (Å²) in [6, 6.07) is 4.01. The number of aryl methyl sites for hydroxylation is 2. The van der Waals surface area contributed by atoms with Gasteiger partial charge in [-0.15, -0.1) is 0 Å². The van der Waals surface area contributed by atoms with Gasteiger partial charge in [0.15, 0.2) is 0 Å². The van der Waals surface area contributed by atoms with Gasteiger partial charge in [-0.25, -0.2) is 0 Å². The Labute approximate surface area is 111 Å². The molecule has 19 heavy (non-hydrogen) atoms. The maximum absolute atomic E-state index is 8.31. The Morgan fingerprint density at radius 3 is 2.37 bits per heavy atom. The molecule has 0 aliphatic heterocycles. The molecule has 1 heterocycles. The Balaban J connectivity index is 2.52. The van der Waals surface area contributed by atoms with Gasteiger partial charge in [0, 0.05) is 16.5 Å². The summed E-state index contributed by atoms with van der Waals surface area (Å²) in [6.45, 7) is 8.53. The van der Waals surface area contributed by atoms with Crippen molar-refractivity contribution in [3.8, 4) is 11.3 Å². The second-order valence-corrected chi connectivity index (χ2v) is 4.70. The monoisotopic (exact) mass is 256 g/mol. The number of hydrogen-bond donors (Lipinski definition) is 0. The summed E-state index contributed by atoms with van der Waals surface area (Å²) >= 11 is 0. The van der Waals surface area contributed by atoms with Crippen molar-refractivity contribution in [2.45, 2.75) is 34.2 Å². The minimum Gasteiger partial charge on any atom is -0.361 e. The van der Waals surface area contributed by atoms with Crippen LogP contribution in [-0.2, 0) is 6.54 Å². The van der Waals surface area contributed by atoms with Crippen molar-refractivity contribution in [3.05, 3.63) is 50.6 Å². The quantitative estimate of drug-likeness (QED) is 0.464. The molecule has 0 aliphatic rings. The first-order valence-corrected chi connectivity index (χ1v) is 6.08. The zero-order chi connectivity index (χ0) is 14.0. The molecule has 0 bridgehead atoms. The van der Waals surface area contributed by atoms with Crippen LogP contribution in [0.15, 0.2) is 21.8 Å². The summed E-state index contributed by atoms with van der Waals surface area (Å²) in [5, 5.41) is 7.56. The van der Waals surface area contributed by atoms with E-state index in [0.717, 1.165) is 11.3 Å². The summed E-state index contributed by atoms with van der Waals surface area (Å²) < 4.78 is 5.20. The van der Waals surface area contributed by atoms with E-state index in [2.05, 4.69) is 48.9 Å². The molecule has 0 unspecified atom stereocenters. The average Bonchev–Trinajstić information content (AvgIpc) is 2.83. The van der Waals surface area contributed by atoms with Gasteiger partial charge in [-0.05, 0) is 55.5 Å². The molecule has 2 rings (SSSR count). The van der Waals surface area contributed by atoms with E-state index in [1.54, 1.807) is 0 Å². The van der Waals surface area contributed by atoms with E-state index < -0.39 is 0 Å². The zero-order valence-corrected chi connectivity index (χ0v) is 11.6. The van der Waals surface area contributed by atoms with Gasteiger partial charge in [-0.3, -0.25) is 0 Å². The molecule has 0 fully saturated rings. The van der Waals surface area contributed by atoms with E-state index in [1.165, 1.54) is 22.3 Å². The van der Waals surface area contributed by atoms with E-state index in [1.807, 2.05) is 6.07 Å². The van der Waals surface area contributed by atoms with E-state index in [-0.39, 0.29) is 6.54 Å². The molecule has 5 heteroatoms. The third-order valence-electron chi connectivity index (χ3n) is 3.47. The summed E-state index contributed by atoms with van der Waals surface area (Å²) in [5.74, 6) is 0.575. The van der Waals surface area contributed by atoms with Gasteiger partial charge in [0.05, 0.1) is 6.54 Å². The van der Waals surface area contributed by atoms with E-state index in [9.17, 15) is 0 Å². The molecule has 2 aromatic rings. The summed E-state index contributed by atoms with van der Waals surface area (Å²) in [7, 11) is 0. The van der Waals surface area contributed by atoms with E-state index in [0.29, 0.717) is 5.76 Å². The predicted octanol–water partition coefficient (Wildman–Crippen LogP) is 4.39. The van der Waals surface area contributed by atoms with Crippen molar-refractivity contribution < 1.29 is 4.52 Å². The number of benzene rings is 1. The van der Waals surface area contributed by atoms with Crippen molar-refractivity contribution in [3.63, 3.8) is 0 Å². The second kappa shape index (κ2) is 5.16. The lowest BCUT2D eigenvalue weighted by Crippen LogP contribution is -1.95. The molecule has 5 nitrogen and oxygen atoms in total. The maximum atomic E-state index is 8.31. The fourth-order valence-corrected chi connectivity index (χ4v) is 2.21. The Morgan fingerprint density at radius 1 is 1.16 bits per heavy atom. The van der Waals surface area contributed by atoms with Crippen LogP contribution >= 0.6 is 0 Å². The number of rotatable bonds is 3. The highest BCUT2D eigenvalue weighted by Gasteiger charge is 2.14. The van der Waals surface area contributed by atoms with Gasteiger partial charge in [0.25, 0.3) is 0 Å². The van der Waals surface area contributed by atoms with Gasteiger partial charge in [-0.1, -0.05) is 16.3 Å². The van der Waals surface area contributed by atoms with Gasteiger partial charge in [-0.2, -0.15) is 0 Å². The molecule has 1 aromatic heterocycles. The van der Waals surface area contributed by atoms with Gasteiger partial charge in [0.2, 0.25) is 0 Å². The summed E-state index contributed by atoms with van der Waals surface area (Å²) in [5.41, 5.74) is 15.1. The lowest BCUT2D eigenvalue weighted by atomic mass is 9.92. The van der Waals surface area contributed by atoms with Gasteiger partial charge in [0.1, 0.15) is 11.5 Å². The molecule has 0 spiro atoms. The minimum absolute atomic E-state index is 0.187. The van der Waals surface area contributed by atoms with Crippen molar-refractivity contribution in [1.29, 1.82) is 0 Å². The Hall–Kier alpha value is -2.26. The lowest BCUT2D eigenvalue weighted by molar-refractivity contribution is 0.387. The number of nitrogens with zero attached hydrogens (tertiary/aromatic N) is 4. The van der Waals surface area contributed by atoms with Crippen molar-refractivity contribution in [2.24, 2.45) is 5.11 Å². The largest absolute Gasteiger partial charge is 0.361 e. The molecule has 0 atom stereocenters. The number of hydrogen-bond acceptors (Lipinski definition) is 3. The molecule has 0 saturated carbocycles.